The van der Waals surface area contributed by atoms with E-state index in [1.54, 1.807) is 31.2 Å². The van der Waals surface area contributed by atoms with Gasteiger partial charge < -0.3 is 10.1 Å². The Morgan fingerprint density at radius 2 is 1.76 bits per heavy atom. The van der Waals surface area contributed by atoms with Crippen LogP contribution in [-0.2, 0) is 11.0 Å². The summed E-state index contributed by atoms with van der Waals surface area (Å²) in [6.07, 6.45) is -4.43. The number of nitrogens with one attached hydrogen (secondary N) is 1. The minimum atomic E-state index is -4.43. The summed E-state index contributed by atoms with van der Waals surface area (Å²) in [7, 11) is 1.39. The van der Waals surface area contributed by atoms with Crippen LogP contribution in [0.5, 0.6) is 6.01 Å². The highest BCUT2D eigenvalue weighted by Gasteiger charge is 2.30. The topological polar surface area (TPSA) is 69.0 Å². The molecule has 0 saturated heterocycles. The Labute approximate surface area is 169 Å². The summed E-state index contributed by atoms with van der Waals surface area (Å²) in [5, 5.41) is 6.19. The molecule has 0 aliphatic rings. The first-order valence-corrected chi connectivity index (χ1v) is 8.86. The van der Waals surface area contributed by atoms with Crippen LogP contribution in [0.15, 0.2) is 48.5 Å². The monoisotopic (exact) mass is 424 g/mol. The molecule has 1 N–H and O–H groups in total. The molecule has 0 aliphatic heterocycles. The molecule has 2 aromatic carbocycles. The zero-order valence-electron chi connectivity index (χ0n) is 15.4. The van der Waals surface area contributed by atoms with E-state index in [4.69, 9.17) is 16.3 Å². The first-order chi connectivity index (χ1) is 13.7. The molecule has 1 amide bonds. The standard InChI is InChI=1S/C19H16ClF3N4O2/c1-11(20)17(28)24-14-7-9-15(10-8-14)27-16(25-18(26-27)29-2)12-3-5-13(6-4-12)19(21,22)23/h3-11H,1-2H3,(H,24,28). The normalized spacial score (nSPS) is 12.5. The lowest BCUT2D eigenvalue weighted by molar-refractivity contribution is -0.137. The molecular weight excluding hydrogens is 409 g/mol. The highest BCUT2D eigenvalue weighted by molar-refractivity contribution is 6.32. The summed E-state index contributed by atoms with van der Waals surface area (Å²) < 4.78 is 44.9. The Balaban J connectivity index is 1.94. The molecule has 1 aromatic heterocycles. The number of aromatic nitrogens is 3. The average molecular weight is 425 g/mol. The van der Waals surface area contributed by atoms with Gasteiger partial charge in [-0.15, -0.1) is 16.7 Å². The van der Waals surface area contributed by atoms with Crippen molar-refractivity contribution in [2.75, 3.05) is 12.4 Å². The van der Waals surface area contributed by atoms with Crippen molar-refractivity contribution < 1.29 is 22.7 Å². The van der Waals surface area contributed by atoms with Gasteiger partial charge in [-0.25, -0.2) is 4.68 Å². The number of hydrogen-bond acceptors (Lipinski definition) is 4. The summed E-state index contributed by atoms with van der Waals surface area (Å²) >= 11 is 5.73. The van der Waals surface area contributed by atoms with Crippen molar-refractivity contribution in [3.8, 4) is 23.1 Å². The van der Waals surface area contributed by atoms with E-state index in [-0.39, 0.29) is 11.9 Å². The van der Waals surface area contributed by atoms with Crippen LogP contribution in [0.3, 0.4) is 0 Å². The minimum Gasteiger partial charge on any atom is -0.466 e. The van der Waals surface area contributed by atoms with Crippen LogP contribution in [0.2, 0.25) is 0 Å². The van der Waals surface area contributed by atoms with E-state index in [0.29, 0.717) is 22.8 Å². The quantitative estimate of drug-likeness (QED) is 0.611. The number of alkyl halides is 4. The number of carbonyl (C=O) groups is 1. The molecule has 0 radical (unpaired) electrons. The second kappa shape index (κ2) is 8.12. The summed E-state index contributed by atoms with van der Waals surface area (Å²) in [6, 6.07) is 11.3. The minimum absolute atomic E-state index is 0.0632. The Hall–Kier alpha value is -3.07. The molecule has 1 atom stereocenters. The van der Waals surface area contributed by atoms with Gasteiger partial charge in [0.25, 0.3) is 0 Å². The molecule has 0 fully saturated rings. The molecule has 6 nitrogen and oxygen atoms in total. The van der Waals surface area contributed by atoms with Gasteiger partial charge in [-0.2, -0.15) is 18.2 Å². The van der Waals surface area contributed by atoms with E-state index < -0.39 is 17.1 Å². The van der Waals surface area contributed by atoms with Gasteiger partial charge in [-0.3, -0.25) is 4.79 Å². The van der Waals surface area contributed by atoms with Crippen molar-refractivity contribution in [2.45, 2.75) is 18.5 Å². The van der Waals surface area contributed by atoms with Gasteiger partial charge in [-0.1, -0.05) is 12.1 Å². The summed E-state index contributed by atoms with van der Waals surface area (Å²) in [5.41, 5.74) is 0.789. The molecule has 3 rings (SSSR count). The second-order valence-electron chi connectivity index (χ2n) is 6.06. The molecule has 1 heterocycles. The molecule has 29 heavy (non-hydrogen) atoms. The van der Waals surface area contributed by atoms with Crippen molar-refractivity contribution in [1.29, 1.82) is 0 Å². The van der Waals surface area contributed by atoms with Gasteiger partial charge in [0.1, 0.15) is 5.38 Å². The van der Waals surface area contributed by atoms with Crippen molar-refractivity contribution in [3.63, 3.8) is 0 Å². The largest absolute Gasteiger partial charge is 0.466 e. The average Bonchev–Trinajstić information content (AvgIpc) is 3.12. The van der Waals surface area contributed by atoms with E-state index in [1.807, 2.05) is 0 Å². The predicted molar refractivity (Wildman–Crippen MR) is 102 cm³/mol. The van der Waals surface area contributed by atoms with Gasteiger partial charge >= 0.3 is 12.2 Å². The van der Waals surface area contributed by atoms with Gasteiger partial charge in [0, 0.05) is 11.3 Å². The molecular formula is C19H16ClF3N4O2. The first kappa shape index (κ1) is 20.7. The third-order valence-corrected chi connectivity index (χ3v) is 4.18. The zero-order valence-corrected chi connectivity index (χ0v) is 16.1. The number of benzene rings is 2. The van der Waals surface area contributed by atoms with E-state index in [0.717, 1.165) is 12.1 Å². The Bertz CT molecular complexity index is 1000. The maximum atomic E-state index is 12.8. The fourth-order valence-corrected chi connectivity index (χ4v) is 2.54. The number of rotatable bonds is 5. The van der Waals surface area contributed by atoms with Crippen molar-refractivity contribution in [2.24, 2.45) is 0 Å². The summed E-state index contributed by atoms with van der Waals surface area (Å²) in [5.74, 6) is -0.0333. The SMILES string of the molecule is COc1nc(-c2ccc(C(F)(F)F)cc2)n(-c2ccc(NC(=O)C(C)Cl)cc2)n1. The van der Waals surface area contributed by atoms with Crippen LogP contribution in [0, 0.1) is 0 Å². The van der Waals surface area contributed by atoms with E-state index >= 15 is 0 Å². The maximum absolute atomic E-state index is 12.8. The van der Waals surface area contributed by atoms with Gasteiger partial charge in [0.05, 0.1) is 18.4 Å². The lowest BCUT2D eigenvalue weighted by Crippen LogP contribution is -2.20. The van der Waals surface area contributed by atoms with Crippen molar-refractivity contribution in [1.82, 2.24) is 14.8 Å². The highest BCUT2D eigenvalue weighted by Crippen LogP contribution is 2.31. The maximum Gasteiger partial charge on any atom is 0.416 e. The van der Waals surface area contributed by atoms with E-state index in [2.05, 4.69) is 15.4 Å². The summed E-state index contributed by atoms with van der Waals surface area (Å²) in [4.78, 5) is 15.9. The van der Waals surface area contributed by atoms with E-state index in [1.165, 1.54) is 23.9 Å². The third-order valence-electron chi connectivity index (χ3n) is 3.98. The van der Waals surface area contributed by atoms with Gasteiger partial charge in [-0.05, 0) is 43.3 Å². The van der Waals surface area contributed by atoms with Crippen molar-refractivity contribution in [3.05, 3.63) is 54.1 Å². The molecule has 10 heteroatoms. The smallest absolute Gasteiger partial charge is 0.416 e. The number of anilines is 1. The van der Waals surface area contributed by atoms with E-state index in [9.17, 15) is 18.0 Å². The molecule has 0 aliphatic carbocycles. The van der Waals surface area contributed by atoms with Crippen molar-refractivity contribution >= 4 is 23.2 Å². The zero-order chi connectivity index (χ0) is 21.2. The number of nitrogens with zero attached hydrogens (tertiary/aromatic N) is 3. The number of amides is 1. The van der Waals surface area contributed by atoms with Crippen LogP contribution in [0.4, 0.5) is 18.9 Å². The first-order valence-electron chi connectivity index (χ1n) is 8.43. The van der Waals surface area contributed by atoms with Crippen LogP contribution in [0.1, 0.15) is 12.5 Å². The van der Waals surface area contributed by atoms with Crippen LogP contribution >= 0.6 is 11.6 Å². The number of halogens is 4. The van der Waals surface area contributed by atoms with Crippen LogP contribution < -0.4 is 10.1 Å². The molecule has 3 aromatic rings. The molecule has 0 bridgehead atoms. The van der Waals surface area contributed by atoms with Crippen LogP contribution in [0.25, 0.3) is 17.1 Å². The third kappa shape index (κ3) is 4.68. The number of hydrogen-bond donors (Lipinski definition) is 1. The fraction of sp³-hybridized carbons (Fsp3) is 0.211. The molecule has 152 valence electrons. The Morgan fingerprint density at radius 1 is 1.14 bits per heavy atom. The number of carbonyl (C=O) groups excluding carboxylic acids is 1. The highest BCUT2D eigenvalue weighted by atomic mass is 35.5. The lowest BCUT2D eigenvalue weighted by atomic mass is 10.1. The predicted octanol–water partition coefficient (Wildman–Crippen LogP) is 4.53. The second-order valence-corrected chi connectivity index (χ2v) is 6.72. The van der Waals surface area contributed by atoms with Gasteiger partial charge in [0.15, 0.2) is 5.82 Å². The molecule has 0 saturated carbocycles. The summed E-state index contributed by atoms with van der Waals surface area (Å²) in [6.45, 7) is 1.56. The molecule has 0 spiro atoms. The van der Waals surface area contributed by atoms with Crippen LogP contribution in [-0.4, -0.2) is 33.2 Å². The molecule has 1 unspecified atom stereocenters. The van der Waals surface area contributed by atoms with Gasteiger partial charge in [0.2, 0.25) is 5.91 Å². The number of ether oxygens (including phenoxy) is 1. The number of methoxy groups -OCH3 is 1. The Morgan fingerprint density at radius 3 is 2.28 bits per heavy atom. The Kier molecular flexibility index (Phi) is 5.78. The lowest BCUT2D eigenvalue weighted by Gasteiger charge is -2.10. The fourth-order valence-electron chi connectivity index (χ4n) is 2.48.